The molecule has 1 atom stereocenters. The van der Waals surface area contributed by atoms with Gasteiger partial charge in [0.2, 0.25) is 0 Å². The Bertz CT molecular complexity index is 428. The smallest absolute Gasteiger partial charge is 0.356 e. The fraction of sp³-hybridized carbons (Fsp3) is 0.538. The van der Waals surface area contributed by atoms with Gasteiger partial charge in [-0.2, -0.15) is 13.2 Å². The van der Waals surface area contributed by atoms with Gasteiger partial charge in [0.1, 0.15) is 6.23 Å². The van der Waals surface area contributed by atoms with Crippen LogP contribution in [0.15, 0.2) is 24.3 Å². The topological polar surface area (TPSA) is 21.3 Å². The minimum atomic E-state index is -4.31. The Kier molecular flexibility index (Phi) is 3.38. The molecule has 2 rings (SSSR count). The van der Waals surface area contributed by atoms with E-state index in [1.165, 1.54) is 12.1 Å². The predicted molar refractivity (Wildman–Crippen MR) is 62.1 cm³/mol. The highest BCUT2D eigenvalue weighted by molar-refractivity contribution is 5.30. The molecule has 1 aromatic rings. The number of halogens is 3. The quantitative estimate of drug-likeness (QED) is 0.881. The van der Waals surface area contributed by atoms with Crippen molar-refractivity contribution in [3.63, 3.8) is 0 Å². The van der Waals surface area contributed by atoms with Crippen molar-refractivity contribution < 1.29 is 17.9 Å². The third-order valence-electron chi connectivity index (χ3n) is 2.94. The van der Waals surface area contributed by atoms with E-state index < -0.39 is 11.7 Å². The molecular weight excluding hydrogens is 243 g/mol. The molecule has 0 radical (unpaired) electrons. The van der Waals surface area contributed by atoms with E-state index in [4.69, 9.17) is 4.74 Å². The Morgan fingerprint density at radius 2 is 2.00 bits per heavy atom. The molecule has 1 heterocycles. The molecule has 18 heavy (non-hydrogen) atoms. The van der Waals surface area contributed by atoms with Crippen LogP contribution in [0.3, 0.4) is 0 Å². The van der Waals surface area contributed by atoms with Crippen LogP contribution in [0.4, 0.5) is 13.2 Å². The van der Waals surface area contributed by atoms with Crippen molar-refractivity contribution in [1.82, 2.24) is 5.32 Å². The first kappa shape index (κ1) is 13.4. The lowest BCUT2D eigenvalue weighted by Crippen LogP contribution is -2.26. The number of hydrogen-bond acceptors (Lipinski definition) is 2. The minimum Gasteiger partial charge on any atom is -0.356 e. The molecule has 0 aliphatic carbocycles. The molecule has 0 aromatic heterocycles. The van der Waals surface area contributed by atoms with Crippen molar-refractivity contribution in [3.05, 3.63) is 35.4 Å². The van der Waals surface area contributed by atoms with Crippen LogP contribution in [0.1, 0.15) is 25.0 Å². The van der Waals surface area contributed by atoms with Crippen molar-refractivity contribution in [2.24, 2.45) is 0 Å². The van der Waals surface area contributed by atoms with Gasteiger partial charge in [0, 0.05) is 13.0 Å². The summed E-state index contributed by atoms with van der Waals surface area (Å²) in [5.74, 6) is 0. The average molecular weight is 259 g/mol. The first-order valence-corrected chi connectivity index (χ1v) is 5.84. The van der Waals surface area contributed by atoms with E-state index in [0.717, 1.165) is 6.07 Å². The van der Waals surface area contributed by atoms with E-state index in [0.29, 0.717) is 6.54 Å². The molecule has 1 N–H and O–H groups in total. The highest BCUT2D eigenvalue weighted by Gasteiger charge is 2.36. The molecule has 100 valence electrons. The molecule has 1 aromatic carbocycles. The molecule has 1 saturated heterocycles. The zero-order chi connectivity index (χ0) is 13.4. The highest BCUT2D eigenvalue weighted by atomic mass is 19.4. The molecule has 1 unspecified atom stereocenters. The van der Waals surface area contributed by atoms with Gasteiger partial charge in [0.25, 0.3) is 0 Å². The predicted octanol–water partition coefficient (Wildman–Crippen LogP) is 2.97. The van der Waals surface area contributed by atoms with Crippen LogP contribution in [0, 0.1) is 0 Å². The van der Waals surface area contributed by atoms with E-state index in [1.807, 2.05) is 13.8 Å². The molecule has 0 saturated carbocycles. The van der Waals surface area contributed by atoms with Crippen molar-refractivity contribution >= 4 is 0 Å². The van der Waals surface area contributed by atoms with Gasteiger partial charge in [-0.1, -0.05) is 18.2 Å². The van der Waals surface area contributed by atoms with Gasteiger partial charge >= 0.3 is 6.18 Å². The van der Waals surface area contributed by atoms with Crippen molar-refractivity contribution in [1.29, 1.82) is 0 Å². The fourth-order valence-corrected chi connectivity index (χ4v) is 2.12. The maximum Gasteiger partial charge on any atom is 0.416 e. The summed E-state index contributed by atoms with van der Waals surface area (Å²) in [5.41, 5.74) is -0.641. The Morgan fingerprint density at radius 3 is 2.56 bits per heavy atom. The number of alkyl halides is 3. The van der Waals surface area contributed by atoms with Crippen molar-refractivity contribution in [2.45, 2.75) is 38.3 Å². The summed E-state index contributed by atoms with van der Waals surface area (Å²) in [4.78, 5) is 0. The number of benzene rings is 1. The normalized spacial score (nSPS) is 23.3. The monoisotopic (exact) mass is 259 g/mol. The lowest BCUT2D eigenvalue weighted by Gasteiger charge is -2.19. The highest BCUT2D eigenvalue weighted by Crippen LogP contribution is 2.33. The third-order valence-corrected chi connectivity index (χ3v) is 2.94. The van der Waals surface area contributed by atoms with E-state index in [1.54, 1.807) is 6.07 Å². The zero-order valence-corrected chi connectivity index (χ0v) is 10.3. The van der Waals surface area contributed by atoms with Crippen LogP contribution in [0.25, 0.3) is 0 Å². The van der Waals surface area contributed by atoms with Crippen LogP contribution in [0.2, 0.25) is 0 Å². The van der Waals surface area contributed by atoms with Crippen molar-refractivity contribution in [2.75, 3.05) is 6.54 Å². The van der Waals surface area contributed by atoms with Gasteiger partial charge in [-0.25, -0.2) is 0 Å². The van der Waals surface area contributed by atoms with Gasteiger partial charge in [0.05, 0.1) is 11.2 Å². The fourth-order valence-electron chi connectivity index (χ4n) is 2.12. The van der Waals surface area contributed by atoms with Crippen LogP contribution in [-0.4, -0.2) is 18.4 Å². The van der Waals surface area contributed by atoms with E-state index in [2.05, 4.69) is 5.32 Å². The molecule has 1 aliphatic heterocycles. The second-order valence-corrected chi connectivity index (χ2v) is 5.11. The number of nitrogens with one attached hydrogen (secondary N) is 1. The SMILES string of the molecule is CC1(C)CNC(Cc2ccccc2C(F)(F)F)O1. The van der Waals surface area contributed by atoms with Gasteiger partial charge < -0.3 is 4.74 Å². The number of rotatable bonds is 2. The molecule has 0 spiro atoms. The van der Waals surface area contributed by atoms with Crippen LogP contribution < -0.4 is 5.32 Å². The molecule has 0 bridgehead atoms. The van der Waals surface area contributed by atoms with Crippen LogP contribution in [-0.2, 0) is 17.3 Å². The van der Waals surface area contributed by atoms with Crippen LogP contribution in [0.5, 0.6) is 0 Å². The molecule has 0 amide bonds. The van der Waals surface area contributed by atoms with Gasteiger partial charge in [-0.3, -0.25) is 5.32 Å². The van der Waals surface area contributed by atoms with Gasteiger partial charge in [-0.15, -0.1) is 0 Å². The lowest BCUT2D eigenvalue weighted by atomic mass is 10.0. The molecule has 1 fully saturated rings. The second kappa shape index (κ2) is 4.55. The summed E-state index contributed by atoms with van der Waals surface area (Å²) in [6.45, 7) is 4.47. The summed E-state index contributed by atoms with van der Waals surface area (Å²) in [7, 11) is 0. The first-order valence-electron chi connectivity index (χ1n) is 5.84. The standard InChI is InChI=1S/C13H16F3NO/c1-12(2)8-17-11(18-12)7-9-5-3-4-6-10(9)13(14,15)16/h3-6,11,17H,7-8H2,1-2H3. The Hall–Kier alpha value is -1.07. The largest absolute Gasteiger partial charge is 0.416 e. The van der Waals surface area contributed by atoms with E-state index in [9.17, 15) is 13.2 Å². The first-order chi connectivity index (χ1) is 8.28. The third kappa shape index (κ3) is 3.03. The Morgan fingerprint density at radius 1 is 1.33 bits per heavy atom. The summed E-state index contributed by atoms with van der Waals surface area (Å²) >= 11 is 0. The average Bonchev–Trinajstić information content (AvgIpc) is 2.57. The summed E-state index contributed by atoms with van der Waals surface area (Å²) in [6, 6.07) is 5.62. The van der Waals surface area contributed by atoms with E-state index >= 15 is 0 Å². The Balaban J connectivity index is 2.15. The van der Waals surface area contributed by atoms with Crippen LogP contribution >= 0.6 is 0 Å². The summed E-state index contributed by atoms with van der Waals surface area (Å²) in [6.07, 6.45) is -4.45. The van der Waals surface area contributed by atoms with Gasteiger partial charge in [0.15, 0.2) is 0 Å². The molecular formula is C13H16F3NO. The molecule has 1 aliphatic rings. The minimum absolute atomic E-state index is 0.221. The molecule has 2 nitrogen and oxygen atoms in total. The maximum atomic E-state index is 12.8. The van der Waals surface area contributed by atoms with Gasteiger partial charge in [-0.05, 0) is 25.5 Å². The van der Waals surface area contributed by atoms with Crippen molar-refractivity contribution in [3.8, 4) is 0 Å². The lowest BCUT2D eigenvalue weighted by molar-refractivity contribution is -0.138. The van der Waals surface area contributed by atoms with E-state index in [-0.39, 0.29) is 23.8 Å². The number of ether oxygens (including phenoxy) is 1. The second-order valence-electron chi connectivity index (χ2n) is 5.11. The maximum absolute atomic E-state index is 12.8. The molecule has 5 heteroatoms. The summed E-state index contributed by atoms with van der Waals surface area (Å²) < 4.78 is 44.1. The Labute approximate surface area is 104 Å². The zero-order valence-electron chi connectivity index (χ0n) is 10.3. The number of hydrogen-bond donors (Lipinski definition) is 1. The summed E-state index contributed by atoms with van der Waals surface area (Å²) in [5, 5.41) is 3.08.